The first-order chi connectivity index (χ1) is 8.56. The molecule has 18 heavy (non-hydrogen) atoms. The zero-order valence-electron chi connectivity index (χ0n) is 10.8. The minimum absolute atomic E-state index is 0.000169. The van der Waals surface area contributed by atoms with Gasteiger partial charge in [-0.3, -0.25) is 0 Å². The van der Waals surface area contributed by atoms with Crippen LogP contribution in [0.3, 0.4) is 0 Å². The third-order valence-corrected chi connectivity index (χ3v) is 3.49. The number of nitrogens with one attached hydrogen (secondary N) is 1. The summed E-state index contributed by atoms with van der Waals surface area (Å²) in [6.07, 6.45) is 0. The van der Waals surface area contributed by atoms with Gasteiger partial charge in [0.2, 0.25) is 0 Å². The molecule has 1 heterocycles. The van der Waals surface area contributed by atoms with E-state index < -0.39 is 0 Å². The normalized spacial score (nSPS) is 22.6. The van der Waals surface area contributed by atoms with Crippen LogP contribution in [0.2, 0.25) is 0 Å². The molecule has 96 valence electrons. The number of piperazine rings is 1. The number of hydrogen-bond acceptors (Lipinski definition) is 4. The molecule has 1 atom stereocenters. The van der Waals surface area contributed by atoms with E-state index in [1.165, 1.54) is 0 Å². The maximum Gasteiger partial charge on any atom is 0.0991 e. The lowest BCUT2D eigenvalue weighted by atomic mass is 9.96. The fourth-order valence-electron chi connectivity index (χ4n) is 2.31. The predicted octanol–water partition coefficient (Wildman–Crippen LogP) is 1.11. The monoisotopic (exact) mass is 245 g/mol. The summed E-state index contributed by atoms with van der Waals surface area (Å²) >= 11 is 0. The lowest BCUT2D eigenvalue weighted by Gasteiger charge is -2.47. The second-order valence-electron chi connectivity index (χ2n) is 5.34. The van der Waals surface area contributed by atoms with E-state index in [1.807, 2.05) is 24.3 Å². The summed E-state index contributed by atoms with van der Waals surface area (Å²) in [5, 5.41) is 21.4. The van der Waals surface area contributed by atoms with Crippen molar-refractivity contribution in [1.82, 2.24) is 5.32 Å². The van der Waals surface area contributed by atoms with Crippen LogP contribution in [-0.2, 0) is 0 Å². The van der Waals surface area contributed by atoms with Crippen LogP contribution in [0.1, 0.15) is 19.4 Å². The molecule has 1 aliphatic rings. The van der Waals surface area contributed by atoms with Gasteiger partial charge in [0.05, 0.1) is 18.2 Å². The molecule has 0 amide bonds. The largest absolute Gasteiger partial charge is 0.395 e. The van der Waals surface area contributed by atoms with Gasteiger partial charge in [0.15, 0.2) is 0 Å². The molecule has 0 radical (unpaired) electrons. The minimum atomic E-state index is -0.000169. The topological polar surface area (TPSA) is 59.3 Å². The van der Waals surface area contributed by atoms with Crippen molar-refractivity contribution in [3.8, 4) is 6.07 Å². The highest BCUT2D eigenvalue weighted by atomic mass is 16.3. The van der Waals surface area contributed by atoms with Crippen molar-refractivity contribution in [2.24, 2.45) is 0 Å². The number of hydrogen-bond donors (Lipinski definition) is 2. The van der Waals surface area contributed by atoms with Crippen molar-refractivity contribution in [3.63, 3.8) is 0 Å². The molecule has 0 spiro atoms. The first-order valence-corrected chi connectivity index (χ1v) is 6.19. The van der Waals surface area contributed by atoms with Gasteiger partial charge in [-0.2, -0.15) is 5.26 Å². The van der Waals surface area contributed by atoms with E-state index in [0.29, 0.717) is 5.56 Å². The zero-order chi connectivity index (χ0) is 13.2. The van der Waals surface area contributed by atoms with Crippen molar-refractivity contribution in [2.75, 3.05) is 24.6 Å². The molecular formula is C14H19N3O. The van der Waals surface area contributed by atoms with Crippen molar-refractivity contribution in [2.45, 2.75) is 25.4 Å². The fraction of sp³-hybridized carbons (Fsp3) is 0.500. The molecule has 0 bridgehead atoms. The molecule has 0 aromatic heterocycles. The van der Waals surface area contributed by atoms with Crippen LogP contribution in [0.5, 0.6) is 0 Å². The van der Waals surface area contributed by atoms with Crippen LogP contribution in [-0.4, -0.2) is 36.4 Å². The van der Waals surface area contributed by atoms with Gasteiger partial charge in [0.25, 0.3) is 0 Å². The second-order valence-corrected chi connectivity index (χ2v) is 5.34. The molecule has 0 aliphatic carbocycles. The van der Waals surface area contributed by atoms with E-state index >= 15 is 0 Å². The molecule has 4 heteroatoms. The Balaban J connectivity index is 2.25. The van der Waals surface area contributed by atoms with Gasteiger partial charge in [0.1, 0.15) is 0 Å². The third kappa shape index (κ3) is 2.47. The highest BCUT2D eigenvalue weighted by Gasteiger charge is 2.33. The smallest absolute Gasteiger partial charge is 0.0991 e. The molecule has 2 N–H and O–H groups in total. The minimum Gasteiger partial charge on any atom is -0.395 e. The Bertz CT molecular complexity index is 447. The van der Waals surface area contributed by atoms with E-state index in [-0.39, 0.29) is 18.2 Å². The standard InChI is InChI=1S/C14H19N3O/c1-14(2)10-16-12(9-18)8-17(14)13-5-3-11(7-15)4-6-13/h3-6,12,16,18H,8-10H2,1-2H3. The Morgan fingerprint density at radius 1 is 1.44 bits per heavy atom. The maximum absolute atomic E-state index is 9.28. The average molecular weight is 245 g/mol. The van der Waals surface area contributed by atoms with Gasteiger partial charge in [-0.25, -0.2) is 0 Å². The summed E-state index contributed by atoms with van der Waals surface area (Å²) in [6.45, 7) is 6.09. The van der Waals surface area contributed by atoms with E-state index in [0.717, 1.165) is 18.8 Å². The molecule has 1 aromatic rings. The maximum atomic E-state index is 9.28. The van der Waals surface area contributed by atoms with Crippen molar-refractivity contribution < 1.29 is 5.11 Å². The number of benzene rings is 1. The highest BCUT2D eigenvalue weighted by molar-refractivity contribution is 5.52. The Hall–Kier alpha value is -1.57. The van der Waals surface area contributed by atoms with E-state index in [4.69, 9.17) is 5.26 Å². The number of nitriles is 1. The number of aliphatic hydroxyl groups is 1. The predicted molar refractivity (Wildman–Crippen MR) is 71.5 cm³/mol. The Kier molecular flexibility index (Phi) is 3.55. The molecule has 1 aliphatic heterocycles. The van der Waals surface area contributed by atoms with E-state index in [9.17, 15) is 5.11 Å². The molecule has 1 fully saturated rings. The van der Waals surface area contributed by atoms with Crippen LogP contribution in [0, 0.1) is 11.3 Å². The number of aliphatic hydroxyl groups excluding tert-OH is 1. The zero-order valence-corrected chi connectivity index (χ0v) is 10.8. The Morgan fingerprint density at radius 2 is 2.11 bits per heavy atom. The molecule has 1 saturated heterocycles. The Morgan fingerprint density at radius 3 is 2.67 bits per heavy atom. The number of nitrogens with zero attached hydrogens (tertiary/aromatic N) is 2. The summed E-state index contributed by atoms with van der Waals surface area (Å²) in [5.41, 5.74) is 1.77. The summed E-state index contributed by atoms with van der Waals surface area (Å²) in [6, 6.07) is 9.85. The second kappa shape index (κ2) is 4.97. The average Bonchev–Trinajstić information content (AvgIpc) is 2.39. The number of rotatable bonds is 2. The van der Waals surface area contributed by atoms with Gasteiger partial charge >= 0.3 is 0 Å². The SMILES string of the molecule is CC1(C)CNC(CO)CN1c1ccc(C#N)cc1. The molecule has 0 saturated carbocycles. The van der Waals surface area contributed by atoms with Crippen LogP contribution in [0.4, 0.5) is 5.69 Å². The number of anilines is 1. The molecule has 1 unspecified atom stereocenters. The molecule has 2 rings (SSSR count). The summed E-state index contributed by atoms with van der Waals surface area (Å²) < 4.78 is 0. The van der Waals surface area contributed by atoms with Crippen LogP contribution in [0.25, 0.3) is 0 Å². The van der Waals surface area contributed by atoms with Crippen molar-refractivity contribution in [1.29, 1.82) is 5.26 Å². The van der Waals surface area contributed by atoms with Gasteiger partial charge in [-0.1, -0.05) is 0 Å². The first-order valence-electron chi connectivity index (χ1n) is 6.19. The lowest BCUT2D eigenvalue weighted by Crippen LogP contribution is -2.63. The summed E-state index contributed by atoms with van der Waals surface area (Å²) in [5.74, 6) is 0. The van der Waals surface area contributed by atoms with Crippen LogP contribution >= 0.6 is 0 Å². The van der Waals surface area contributed by atoms with E-state index in [2.05, 4.69) is 30.1 Å². The third-order valence-electron chi connectivity index (χ3n) is 3.49. The van der Waals surface area contributed by atoms with Crippen molar-refractivity contribution >= 4 is 5.69 Å². The first kappa shape index (κ1) is 12.9. The van der Waals surface area contributed by atoms with Crippen LogP contribution < -0.4 is 10.2 Å². The summed E-state index contributed by atoms with van der Waals surface area (Å²) in [7, 11) is 0. The molecule has 4 nitrogen and oxygen atoms in total. The van der Waals surface area contributed by atoms with Crippen LogP contribution in [0.15, 0.2) is 24.3 Å². The lowest BCUT2D eigenvalue weighted by molar-refractivity contribution is 0.210. The summed E-state index contributed by atoms with van der Waals surface area (Å²) in [4.78, 5) is 2.28. The van der Waals surface area contributed by atoms with Gasteiger partial charge in [0, 0.05) is 30.4 Å². The highest BCUT2D eigenvalue weighted by Crippen LogP contribution is 2.26. The fourth-order valence-corrected chi connectivity index (χ4v) is 2.31. The van der Waals surface area contributed by atoms with Gasteiger partial charge in [-0.15, -0.1) is 0 Å². The van der Waals surface area contributed by atoms with Gasteiger partial charge < -0.3 is 15.3 Å². The van der Waals surface area contributed by atoms with E-state index in [1.54, 1.807) is 0 Å². The van der Waals surface area contributed by atoms with Crippen molar-refractivity contribution in [3.05, 3.63) is 29.8 Å². The quantitative estimate of drug-likeness (QED) is 0.819. The molecular weight excluding hydrogens is 226 g/mol. The molecule has 1 aromatic carbocycles. The Labute approximate surface area is 108 Å². The van der Waals surface area contributed by atoms with Gasteiger partial charge in [-0.05, 0) is 38.1 Å².